The molecule has 2 aromatic heterocycles. The maximum absolute atomic E-state index is 13.5. The molecule has 0 saturated carbocycles. The Morgan fingerprint density at radius 1 is 1.00 bits per heavy atom. The van der Waals surface area contributed by atoms with Crippen LogP contribution in [0.2, 0.25) is 0 Å². The second kappa shape index (κ2) is 9.13. The quantitative estimate of drug-likeness (QED) is 0.484. The van der Waals surface area contributed by atoms with Crippen molar-refractivity contribution in [2.75, 3.05) is 46.8 Å². The van der Waals surface area contributed by atoms with Gasteiger partial charge in [0.05, 0.1) is 17.2 Å². The Morgan fingerprint density at radius 2 is 1.79 bits per heavy atom. The maximum Gasteiger partial charge on any atom is 0.161 e. The molecule has 6 nitrogen and oxygen atoms in total. The molecule has 1 atom stereocenters. The SMILES string of the molecule is CN(C)C(c1ncc2[nH]c3ccccc3c2n1)N1CCN(CCc2ccc(F)c(F)c2)CC1. The van der Waals surface area contributed by atoms with Crippen LogP contribution in [0.4, 0.5) is 8.78 Å². The first-order chi connectivity index (χ1) is 16.0. The molecule has 0 bridgehead atoms. The van der Waals surface area contributed by atoms with Crippen molar-refractivity contribution in [2.24, 2.45) is 0 Å². The molecule has 1 aliphatic rings. The third-order valence-corrected chi connectivity index (χ3v) is 6.43. The van der Waals surface area contributed by atoms with Crippen molar-refractivity contribution in [3.8, 4) is 0 Å². The smallest absolute Gasteiger partial charge is 0.161 e. The summed E-state index contributed by atoms with van der Waals surface area (Å²) in [6.45, 7) is 4.40. The highest BCUT2D eigenvalue weighted by molar-refractivity contribution is 6.04. The summed E-state index contributed by atoms with van der Waals surface area (Å²) in [7, 11) is 4.12. The minimum absolute atomic E-state index is 0.0172. The topological polar surface area (TPSA) is 51.3 Å². The molecule has 0 amide bonds. The van der Waals surface area contributed by atoms with E-state index in [0.717, 1.165) is 66.0 Å². The summed E-state index contributed by atoms with van der Waals surface area (Å²) in [5, 5.41) is 1.11. The first-order valence-corrected chi connectivity index (χ1v) is 11.3. The van der Waals surface area contributed by atoms with Gasteiger partial charge in [-0.05, 0) is 44.3 Å². The zero-order chi connectivity index (χ0) is 22.9. The van der Waals surface area contributed by atoms with Crippen molar-refractivity contribution >= 4 is 21.9 Å². The predicted molar refractivity (Wildman–Crippen MR) is 126 cm³/mol. The number of nitrogens with zero attached hydrogens (tertiary/aromatic N) is 5. The van der Waals surface area contributed by atoms with Gasteiger partial charge in [-0.15, -0.1) is 0 Å². The molecule has 0 radical (unpaired) electrons. The van der Waals surface area contributed by atoms with Gasteiger partial charge in [0.15, 0.2) is 17.5 Å². The number of fused-ring (bicyclic) bond motifs is 3. The molecule has 2 aromatic carbocycles. The summed E-state index contributed by atoms with van der Waals surface area (Å²) in [4.78, 5) is 20.0. The lowest BCUT2D eigenvalue weighted by Crippen LogP contribution is -2.51. The lowest BCUT2D eigenvalue weighted by atomic mass is 10.1. The molecule has 4 aromatic rings. The van der Waals surface area contributed by atoms with Gasteiger partial charge in [0.2, 0.25) is 0 Å². The van der Waals surface area contributed by atoms with Crippen LogP contribution in [-0.4, -0.2) is 76.5 Å². The van der Waals surface area contributed by atoms with Crippen LogP contribution in [0.15, 0.2) is 48.7 Å². The molecule has 3 heterocycles. The fourth-order valence-electron chi connectivity index (χ4n) is 4.70. The van der Waals surface area contributed by atoms with Gasteiger partial charge in [-0.3, -0.25) is 9.80 Å². The molecule has 0 aliphatic carbocycles. The van der Waals surface area contributed by atoms with E-state index in [1.165, 1.54) is 12.1 Å². The zero-order valence-electron chi connectivity index (χ0n) is 18.9. The van der Waals surface area contributed by atoms with Gasteiger partial charge >= 0.3 is 0 Å². The van der Waals surface area contributed by atoms with Gasteiger partial charge in [0, 0.05) is 43.6 Å². The summed E-state index contributed by atoms with van der Waals surface area (Å²) in [5.74, 6) is -0.777. The van der Waals surface area contributed by atoms with E-state index >= 15 is 0 Å². The monoisotopic (exact) mass is 450 g/mol. The molecular formula is C25H28F2N6. The second-order valence-electron chi connectivity index (χ2n) is 8.87. The van der Waals surface area contributed by atoms with Crippen LogP contribution in [-0.2, 0) is 6.42 Å². The fraction of sp³-hybridized carbons (Fsp3) is 0.360. The van der Waals surface area contributed by atoms with Gasteiger partial charge in [-0.2, -0.15) is 0 Å². The third-order valence-electron chi connectivity index (χ3n) is 6.43. The van der Waals surface area contributed by atoms with E-state index in [9.17, 15) is 8.78 Å². The number of aromatic nitrogens is 3. The van der Waals surface area contributed by atoms with E-state index < -0.39 is 11.6 Å². The highest BCUT2D eigenvalue weighted by Gasteiger charge is 2.29. The minimum atomic E-state index is -0.796. The average molecular weight is 451 g/mol. The normalized spacial score (nSPS) is 16.8. The number of benzene rings is 2. The van der Waals surface area contributed by atoms with Crippen LogP contribution in [0.3, 0.4) is 0 Å². The standard InChI is InChI=1S/C25H28F2N6/c1-31(2)25(24-28-16-22-23(30-24)18-5-3-4-6-21(18)29-22)33-13-11-32(12-14-33)10-9-17-7-8-19(26)20(27)15-17/h3-8,15-16,25,29H,9-14H2,1-2H3. The fourth-order valence-corrected chi connectivity index (χ4v) is 4.70. The van der Waals surface area contributed by atoms with E-state index in [0.29, 0.717) is 6.42 Å². The first-order valence-electron chi connectivity index (χ1n) is 11.3. The van der Waals surface area contributed by atoms with Gasteiger partial charge < -0.3 is 9.88 Å². The molecule has 172 valence electrons. The number of nitrogens with one attached hydrogen (secondary N) is 1. The van der Waals surface area contributed by atoms with Crippen LogP contribution in [0.25, 0.3) is 21.9 Å². The molecular weight excluding hydrogens is 422 g/mol. The van der Waals surface area contributed by atoms with E-state index in [2.05, 4.69) is 45.9 Å². The van der Waals surface area contributed by atoms with E-state index in [1.807, 2.05) is 18.3 Å². The second-order valence-corrected chi connectivity index (χ2v) is 8.87. The number of piperazine rings is 1. The summed E-state index contributed by atoms with van der Waals surface area (Å²) in [6.07, 6.45) is 2.57. The first kappa shape index (κ1) is 21.9. The minimum Gasteiger partial charge on any atom is -0.352 e. The Kier molecular flexibility index (Phi) is 6.05. The van der Waals surface area contributed by atoms with Gasteiger partial charge in [-0.25, -0.2) is 18.7 Å². The Labute approximate surface area is 191 Å². The maximum atomic E-state index is 13.5. The number of rotatable bonds is 6. The molecule has 1 fully saturated rings. The number of hydrogen-bond donors (Lipinski definition) is 1. The highest BCUT2D eigenvalue weighted by atomic mass is 19.2. The van der Waals surface area contributed by atoms with E-state index in [-0.39, 0.29) is 6.17 Å². The predicted octanol–water partition coefficient (Wildman–Crippen LogP) is 3.81. The van der Waals surface area contributed by atoms with E-state index in [1.54, 1.807) is 6.07 Å². The lowest BCUT2D eigenvalue weighted by molar-refractivity contribution is 0.0261. The largest absolute Gasteiger partial charge is 0.352 e. The number of H-pyrrole nitrogens is 1. The van der Waals surface area contributed by atoms with Crippen molar-refractivity contribution in [2.45, 2.75) is 12.6 Å². The molecule has 1 aliphatic heterocycles. The van der Waals surface area contributed by atoms with Gasteiger partial charge in [0.25, 0.3) is 0 Å². The van der Waals surface area contributed by atoms with Crippen LogP contribution < -0.4 is 0 Å². The Morgan fingerprint density at radius 3 is 2.55 bits per heavy atom. The Balaban J connectivity index is 1.28. The average Bonchev–Trinajstić information content (AvgIpc) is 3.19. The summed E-state index contributed by atoms with van der Waals surface area (Å²) in [6, 6.07) is 12.3. The van der Waals surface area contributed by atoms with Crippen molar-refractivity contribution in [1.82, 2.24) is 29.7 Å². The molecule has 1 unspecified atom stereocenters. The molecule has 33 heavy (non-hydrogen) atoms. The van der Waals surface area contributed by atoms with Crippen molar-refractivity contribution in [3.63, 3.8) is 0 Å². The number of hydrogen-bond acceptors (Lipinski definition) is 5. The summed E-state index contributed by atoms with van der Waals surface area (Å²) >= 11 is 0. The van der Waals surface area contributed by atoms with Crippen molar-refractivity contribution in [1.29, 1.82) is 0 Å². The van der Waals surface area contributed by atoms with Gasteiger partial charge in [-0.1, -0.05) is 24.3 Å². The van der Waals surface area contributed by atoms with Crippen LogP contribution in [0.5, 0.6) is 0 Å². The summed E-state index contributed by atoms with van der Waals surface area (Å²) in [5.41, 5.74) is 3.78. The lowest BCUT2D eigenvalue weighted by Gasteiger charge is -2.41. The third kappa shape index (κ3) is 4.46. The Bertz CT molecular complexity index is 1260. The molecule has 1 saturated heterocycles. The Hall–Kier alpha value is -2.94. The van der Waals surface area contributed by atoms with E-state index in [4.69, 9.17) is 9.97 Å². The van der Waals surface area contributed by atoms with Crippen molar-refractivity contribution < 1.29 is 8.78 Å². The summed E-state index contributed by atoms with van der Waals surface area (Å²) < 4.78 is 26.6. The molecule has 5 rings (SSSR count). The molecule has 1 N–H and O–H groups in total. The highest BCUT2D eigenvalue weighted by Crippen LogP contribution is 2.27. The van der Waals surface area contributed by atoms with Crippen LogP contribution in [0.1, 0.15) is 17.6 Å². The van der Waals surface area contributed by atoms with Crippen LogP contribution >= 0.6 is 0 Å². The molecule has 8 heteroatoms. The number of halogens is 2. The number of aromatic amines is 1. The number of para-hydroxylation sites is 1. The zero-order valence-corrected chi connectivity index (χ0v) is 18.9. The van der Waals surface area contributed by atoms with Gasteiger partial charge in [0.1, 0.15) is 6.17 Å². The molecule has 0 spiro atoms. The van der Waals surface area contributed by atoms with Crippen molar-refractivity contribution in [3.05, 3.63) is 71.7 Å². The van der Waals surface area contributed by atoms with Crippen LogP contribution in [0, 0.1) is 11.6 Å².